The van der Waals surface area contributed by atoms with Crippen molar-refractivity contribution in [2.75, 3.05) is 24.0 Å². The average Bonchev–Trinajstić information content (AvgIpc) is 3.07. The van der Waals surface area contributed by atoms with Gasteiger partial charge in [-0.2, -0.15) is 0 Å². The number of halogens is 1. The lowest BCUT2D eigenvalue weighted by Crippen LogP contribution is -2.53. The van der Waals surface area contributed by atoms with Crippen molar-refractivity contribution in [1.29, 1.82) is 0 Å². The average molecular weight is 660 g/mol. The molecule has 0 spiro atoms. The molecule has 47 heavy (non-hydrogen) atoms. The number of unbranched alkanes of at least 4 members (excludes halogenated alkanes) is 1. The summed E-state index contributed by atoms with van der Waals surface area (Å²) in [6, 6.07) is 27.0. The van der Waals surface area contributed by atoms with E-state index in [-0.39, 0.29) is 29.1 Å². The number of amides is 2. The smallest absolute Gasteiger partial charge is 0.264 e. The number of hydrogen-bond acceptors (Lipinski definition) is 5. The second-order valence-corrected chi connectivity index (χ2v) is 13.1. The molecule has 248 valence electrons. The lowest BCUT2D eigenvalue weighted by molar-refractivity contribution is -0.140. The highest BCUT2D eigenvalue weighted by Crippen LogP contribution is 2.27. The van der Waals surface area contributed by atoms with Gasteiger partial charge in [0.1, 0.15) is 24.2 Å². The summed E-state index contributed by atoms with van der Waals surface area (Å²) in [6.45, 7) is 5.65. The molecule has 0 saturated carbocycles. The number of anilines is 1. The van der Waals surface area contributed by atoms with Crippen molar-refractivity contribution in [2.45, 2.75) is 57.5 Å². The van der Waals surface area contributed by atoms with Gasteiger partial charge in [0.25, 0.3) is 10.0 Å². The third-order valence-corrected chi connectivity index (χ3v) is 9.51. The quantitative estimate of drug-likeness (QED) is 0.143. The van der Waals surface area contributed by atoms with Gasteiger partial charge in [-0.25, -0.2) is 12.8 Å². The molecule has 0 unspecified atom stereocenters. The van der Waals surface area contributed by atoms with Gasteiger partial charge in [0.05, 0.1) is 17.2 Å². The third kappa shape index (κ3) is 9.42. The number of ether oxygens (including phenoxy) is 1. The molecule has 10 heteroatoms. The predicted octanol–water partition coefficient (Wildman–Crippen LogP) is 6.28. The molecule has 0 aliphatic carbocycles. The highest BCUT2D eigenvalue weighted by atomic mass is 32.2. The van der Waals surface area contributed by atoms with Crippen LogP contribution in [0.2, 0.25) is 0 Å². The number of nitrogens with zero attached hydrogens (tertiary/aromatic N) is 2. The Morgan fingerprint density at radius 3 is 2.17 bits per heavy atom. The second kappa shape index (κ2) is 16.7. The fourth-order valence-corrected chi connectivity index (χ4v) is 6.53. The Morgan fingerprint density at radius 1 is 0.872 bits per heavy atom. The van der Waals surface area contributed by atoms with Gasteiger partial charge in [-0.05, 0) is 68.3 Å². The van der Waals surface area contributed by atoms with Crippen molar-refractivity contribution in [2.24, 2.45) is 0 Å². The third-order valence-electron chi connectivity index (χ3n) is 7.72. The van der Waals surface area contributed by atoms with Crippen LogP contribution in [0, 0.1) is 12.7 Å². The van der Waals surface area contributed by atoms with Crippen LogP contribution < -0.4 is 14.4 Å². The summed E-state index contributed by atoms with van der Waals surface area (Å²) in [5.74, 6) is -1.06. The largest absolute Gasteiger partial charge is 0.494 e. The molecular weight excluding hydrogens is 617 g/mol. The van der Waals surface area contributed by atoms with Crippen LogP contribution in [-0.4, -0.2) is 50.9 Å². The van der Waals surface area contributed by atoms with Crippen molar-refractivity contribution in [3.05, 3.63) is 126 Å². The summed E-state index contributed by atoms with van der Waals surface area (Å²) in [5.41, 5.74) is 2.11. The fraction of sp³-hybridized carbons (Fsp3) is 0.297. The van der Waals surface area contributed by atoms with Gasteiger partial charge in [0, 0.05) is 25.1 Å². The number of carbonyl (C=O) groups is 2. The van der Waals surface area contributed by atoms with E-state index < -0.39 is 40.2 Å². The zero-order valence-corrected chi connectivity index (χ0v) is 27.9. The summed E-state index contributed by atoms with van der Waals surface area (Å²) >= 11 is 0. The maximum atomic E-state index is 15.1. The van der Waals surface area contributed by atoms with E-state index in [1.807, 2.05) is 51.1 Å². The van der Waals surface area contributed by atoms with Crippen LogP contribution in [0.25, 0.3) is 0 Å². The number of aryl methyl sites for hydroxylation is 1. The SMILES string of the molecule is CCCCNC(=O)[C@@H](Cc1ccccc1)N(Cc1ccccc1F)C(=O)CN(c1ccc(OCC)cc1)S(=O)(=O)c1ccc(C)cc1. The number of benzene rings is 4. The molecular formula is C37H42FN3O5S. The molecule has 0 bridgehead atoms. The van der Waals surface area contributed by atoms with E-state index >= 15 is 4.39 Å². The first-order valence-corrected chi connectivity index (χ1v) is 17.2. The first kappa shape index (κ1) is 35.2. The van der Waals surface area contributed by atoms with Crippen molar-refractivity contribution >= 4 is 27.5 Å². The van der Waals surface area contributed by atoms with Gasteiger partial charge in [0.2, 0.25) is 11.8 Å². The highest BCUT2D eigenvalue weighted by molar-refractivity contribution is 7.92. The number of nitrogens with one attached hydrogen (secondary N) is 1. The van der Waals surface area contributed by atoms with Gasteiger partial charge in [-0.1, -0.05) is 79.6 Å². The zero-order valence-electron chi connectivity index (χ0n) is 27.1. The molecule has 0 saturated heterocycles. The molecule has 0 fully saturated rings. The molecule has 8 nitrogen and oxygen atoms in total. The number of rotatable bonds is 16. The maximum Gasteiger partial charge on any atom is 0.264 e. The van der Waals surface area contributed by atoms with Gasteiger partial charge in [-0.15, -0.1) is 0 Å². The lowest BCUT2D eigenvalue weighted by Gasteiger charge is -2.34. The van der Waals surface area contributed by atoms with Gasteiger partial charge < -0.3 is 15.0 Å². The second-order valence-electron chi connectivity index (χ2n) is 11.2. The Labute approximate surface area is 277 Å². The van der Waals surface area contributed by atoms with Gasteiger partial charge in [0.15, 0.2) is 0 Å². The Hall–Kier alpha value is -4.70. The highest BCUT2D eigenvalue weighted by Gasteiger charge is 2.35. The number of carbonyl (C=O) groups excluding carboxylic acids is 2. The van der Waals surface area contributed by atoms with E-state index in [0.29, 0.717) is 18.9 Å². The molecule has 0 aliphatic heterocycles. The Morgan fingerprint density at radius 2 is 1.53 bits per heavy atom. The molecule has 0 radical (unpaired) electrons. The summed E-state index contributed by atoms with van der Waals surface area (Å²) in [4.78, 5) is 29.6. The predicted molar refractivity (Wildman–Crippen MR) is 182 cm³/mol. The van der Waals surface area contributed by atoms with Crippen LogP contribution in [0.5, 0.6) is 5.75 Å². The Bertz CT molecular complexity index is 1720. The van der Waals surface area contributed by atoms with E-state index in [9.17, 15) is 18.0 Å². The first-order chi connectivity index (χ1) is 22.6. The van der Waals surface area contributed by atoms with Crippen LogP contribution in [0.3, 0.4) is 0 Å². The van der Waals surface area contributed by atoms with Gasteiger partial charge >= 0.3 is 0 Å². The summed E-state index contributed by atoms with van der Waals surface area (Å²) in [6.07, 6.45) is 1.74. The number of hydrogen-bond donors (Lipinski definition) is 1. The molecule has 4 aromatic rings. The monoisotopic (exact) mass is 659 g/mol. The van der Waals surface area contributed by atoms with Crippen LogP contribution in [0.1, 0.15) is 43.4 Å². The molecule has 1 atom stereocenters. The minimum atomic E-state index is -4.26. The normalized spacial score (nSPS) is 11.8. The van der Waals surface area contributed by atoms with Crippen molar-refractivity contribution < 1.29 is 27.1 Å². The van der Waals surface area contributed by atoms with Crippen LogP contribution in [-0.2, 0) is 32.6 Å². The summed E-state index contributed by atoms with van der Waals surface area (Å²) < 4.78 is 50.0. The molecule has 4 rings (SSSR count). The lowest BCUT2D eigenvalue weighted by atomic mass is 10.0. The van der Waals surface area contributed by atoms with E-state index in [0.717, 1.165) is 28.3 Å². The van der Waals surface area contributed by atoms with E-state index in [4.69, 9.17) is 4.74 Å². The standard InChI is InChI=1S/C37H42FN3O5S/c1-4-6-24-39-37(43)35(25-29-12-8-7-9-13-29)40(26-30-14-10-11-15-34(30)38)36(42)27-41(31-18-20-32(21-19-31)46-5-2)47(44,45)33-22-16-28(3)17-23-33/h7-23,35H,4-6,24-27H2,1-3H3,(H,39,43)/t35-/m1/s1. The molecule has 0 aliphatic rings. The Balaban J connectivity index is 1.80. The molecule has 2 amide bonds. The fourth-order valence-electron chi connectivity index (χ4n) is 5.11. The summed E-state index contributed by atoms with van der Waals surface area (Å²) in [5, 5.41) is 2.93. The zero-order chi connectivity index (χ0) is 33.8. The van der Waals surface area contributed by atoms with Crippen LogP contribution >= 0.6 is 0 Å². The minimum absolute atomic E-state index is 0.00332. The van der Waals surface area contributed by atoms with E-state index in [1.54, 1.807) is 54.6 Å². The summed E-state index contributed by atoms with van der Waals surface area (Å²) in [7, 11) is -4.26. The molecule has 0 aromatic heterocycles. The molecule has 4 aromatic carbocycles. The van der Waals surface area contributed by atoms with Crippen LogP contribution in [0.4, 0.5) is 10.1 Å². The van der Waals surface area contributed by atoms with Crippen molar-refractivity contribution in [3.63, 3.8) is 0 Å². The first-order valence-electron chi connectivity index (χ1n) is 15.8. The topological polar surface area (TPSA) is 96.0 Å². The van der Waals surface area contributed by atoms with Crippen LogP contribution in [0.15, 0.2) is 108 Å². The van der Waals surface area contributed by atoms with E-state index in [1.165, 1.54) is 23.1 Å². The van der Waals surface area contributed by atoms with Gasteiger partial charge in [-0.3, -0.25) is 13.9 Å². The van der Waals surface area contributed by atoms with Crippen molar-refractivity contribution in [1.82, 2.24) is 10.2 Å². The number of sulfonamides is 1. The molecule has 0 heterocycles. The maximum absolute atomic E-state index is 15.1. The van der Waals surface area contributed by atoms with Crippen molar-refractivity contribution in [3.8, 4) is 5.75 Å². The van der Waals surface area contributed by atoms with E-state index in [2.05, 4.69) is 5.32 Å². The minimum Gasteiger partial charge on any atom is -0.494 e. The molecule has 1 N–H and O–H groups in total. The Kier molecular flexibility index (Phi) is 12.5.